The molecular formula is C18H21F2N2O2+. The topological polar surface area (TPSA) is 42.8 Å². The molecule has 4 nitrogen and oxygen atoms in total. The van der Waals surface area contributed by atoms with Crippen LogP contribution in [0.2, 0.25) is 0 Å². The molecule has 0 bridgehead atoms. The molecule has 6 heteroatoms. The number of hydrogen-bond donors (Lipinski definition) is 2. The van der Waals surface area contributed by atoms with Crippen molar-refractivity contribution in [3.63, 3.8) is 0 Å². The fourth-order valence-electron chi connectivity index (χ4n) is 2.40. The molecule has 1 amide bonds. The van der Waals surface area contributed by atoms with E-state index in [2.05, 4.69) is 10.1 Å². The van der Waals surface area contributed by atoms with Gasteiger partial charge in [-0.15, -0.1) is 0 Å². The zero-order valence-corrected chi connectivity index (χ0v) is 13.7. The lowest BCUT2D eigenvalue weighted by Crippen LogP contribution is -3.08. The summed E-state index contributed by atoms with van der Waals surface area (Å²) in [4.78, 5) is 13.1. The average Bonchev–Trinajstić information content (AvgIpc) is 2.48. The molecule has 128 valence electrons. The molecule has 2 aromatic carbocycles. The Labute approximate surface area is 140 Å². The van der Waals surface area contributed by atoms with Gasteiger partial charge in [-0.3, -0.25) is 4.79 Å². The fraction of sp³-hybridized carbons (Fsp3) is 0.278. The van der Waals surface area contributed by atoms with Crippen molar-refractivity contribution in [2.75, 3.05) is 18.9 Å². The first-order valence-electron chi connectivity index (χ1n) is 7.64. The van der Waals surface area contributed by atoms with Gasteiger partial charge in [-0.05, 0) is 48.9 Å². The maximum absolute atomic E-state index is 12.1. The van der Waals surface area contributed by atoms with Crippen LogP contribution in [0, 0.1) is 6.92 Å². The van der Waals surface area contributed by atoms with Gasteiger partial charge in [0.25, 0.3) is 5.91 Å². The summed E-state index contributed by atoms with van der Waals surface area (Å²) in [6.07, 6.45) is 0. The average molecular weight is 335 g/mol. The van der Waals surface area contributed by atoms with Gasteiger partial charge in [0.05, 0.1) is 7.05 Å². The summed E-state index contributed by atoms with van der Waals surface area (Å²) in [5, 5.41) is 2.87. The summed E-state index contributed by atoms with van der Waals surface area (Å²) < 4.78 is 28.5. The van der Waals surface area contributed by atoms with E-state index in [0.717, 1.165) is 21.7 Å². The highest BCUT2D eigenvalue weighted by molar-refractivity contribution is 5.91. The summed E-state index contributed by atoms with van der Waals surface area (Å²) in [6.45, 7) is 0.0582. The first kappa shape index (κ1) is 17.9. The van der Waals surface area contributed by atoms with Gasteiger partial charge in [0.1, 0.15) is 12.3 Å². The summed E-state index contributed by atoms with van der Waals surface area (Å²) >= 11 is 0. The molecule has 0 fully saturated rings. The lowest BCUT2D eigenvalue weighted by molar-refractivity contribution is -0.885. The number of carbonyl (C=O) groups is 1. The van der Waals surface area contributed by atoms with E-state index in [4.69, 9.17) is 0 Å². The number of benzene rings is 2. The first-order valence-corrected chi connectivity index (χ1v) is 7.64. The minimum atomic E-state index is -2.82. The molecule has 0 aliphatic heterocycles. The van der Waals surface area contributed by atoms with Gasteiger partial charge < -0.3 is 15.0 Å². The highest BCUT2D eigenvalue weighted by atomic mass is 19.3. The Hall–Kier alpha value is -2.47. The fourth-order valence-corrected chi connectivity index (χ4v) is 2.40. The summed E-state index contributed by atoms with van der Waals surface area (Å²) in [5.74, 6) is 0.0550. The second-order valence-corrected chi connectivity index (χ2v) is 5.75. The number of hydrogen-bond acceptors (Lipinski definition) is 2. The normalized spacial score (nSPS) is 12.0. The lowest BCUT2D eigenvalue weighted by atomic mass is 10.2. The minimum Gasteiger partial charge on any atom is -0.435 e. The van der Waals surface area contributed by atoms with E-state index in [1.807, 2.05) is 38.2 Å². The van der Waals surface area contributed by atoms with Gasteiger partial charge in [-0.2, -0.15) is 8.78 Å². The number of alkyl halides is 2. The zero-order chi connectivity index (χ0) is 17.5. The largest absolute Gasteiger partial charge is 0.435 e. The number of amides is 1. The van der Waals surface area contributed by atoms with Crippen molar-refractivity contribution in [3.05, 3.63) is 59.7 Å². The predicted molar refractivity (Wildman–Crippen MR) is 88.3 cm³/mol. The molecule has 1 unspecified atom stereocenters. The number of anilines is 1. The van der Waals surface area contributed by atoms with Gasteiger partial charge in [0.2, 0.25) is 0 Å². The van der Waals surface area contributed by atoms with E-state index in [0.29, 0.717) is 13.1 Å². The van der Waals surface area contributed by atoms with E-state index >= 15 is 0 Å². The molecule has 24 heavy (non-hydrogen) atoms. The Kier molecular flexibility index (Phi) is 6.26. The molecule has 1 atom stereocenters. The molecule has 0 saturated heterocycles. The molecule has 0 saturated carbocycles. The smallest absolute Gasteiger partial charge is 0.387 e. The van der Waals surface area contributed by atoms with Crippen LogP contribution in [0.1, 0.15) is 11.1 Å². The standard InChI is InChI=1S/C18H20F2N2O2/c1-13-4-3-5-15(10-13)21-17(23)12-22(2)11-14-6-8-16(9-7-14)24-18(19)20/h3-10,18H,11-12H2,1-2H3,(H,21,23)/p+1. The first-order chi connectivity index (χ1) is 11.4. The van der Waals surface area contributed by atoms with Gasteiger partial charge in [0.15, 0.2) is 6.54 Å². The van der Waals surface area contributed by atoms with Crippen molar-refractivity contribution in [1.82, 2.24) is 0 Å². The van der Waals surface area contributed by atoms with Gasteiger partial charge >= 0.3 is 6.61 Å². The van der Waals surface area contributed by atoms with Gasteiger partial charge in [-0.1, -0.05) is 12.1 Å². The number of quaternary nitrogens is 1. The maximum Gasteiger partial charge on any atom is 0.387 e. The number of ether oxygens (including phenoxy) is 1. The number of carbonyl (C=O) groups excluding carboxylic acids is 1. The van der Waals surface area contributed by atoms with E-state index in [9.17, 15) is 13.6 Å². The number of likely N-dealkylation sites (N-methyl/N-ethyl adjacent to an activating group) is 1. The quantitative estimate of drug-likeness (QED) is 0.815. The number of nitrogens with one attached hydrogen (secondary N) is 2. The van der Waals surface area contributed by atoms with Crippen LogP contribution in [0.25, 0.3) is 0 Å². The van der Waals surface area contributed by atoms with Gasteiger partial charge in [0, 0.05) is 11.3 Å². The maximum atomic E-state index is 12.1. The second-order valence-electron chi connectivity index (χ2n) is 5.75. The lowest BCUT2D eigenvalue weighted by Gasteiger charge is -2.14. The molecule has 0 radical (unpaired) electrons. The highest BCUT2D eigenvalue weighted by Crippen LogP contribution is 2.14. The van der Waals surface area contributed by atoms with Crippen LogP contribution in [0.15, 0.2) is 48.5 Å². The highest BCUT2D eigenvalue weighted by Gasteiger charge is 2.11. The number of rotatable bonds is 7. The van der Waals surface area contributed by atoms with Crippen molar-refractivity contribution in [3.8, 4) is 5.75 Å². The third-order valence-corrected chi connectivity index (χ3v) is 3.42. The van der Waals surface area contributed by atoms with Crippen LogP contribution in [-0.4, -0.2) is 26.1 Å². The molecule has 2 rings (SSSR count). The summed E-state index contributed by atoms with van der Waals surface area (Å²) in [6, 6.07) is 14.1. The second kappa shape index (κ2) is 8.40. The summed E-state index contributed by atoms with van der Waals surface area (Å²) in [7, 11) is 1.90. The molecular weight excluding hydrogens is 314 g/mol. The van der Waals surface area contributed by atoms with E-state index < -0.39 is 6.61 Å². The van der Waals surface area contributed by atoms with Crippen LogP contribution in [-0.2, 0) is 11.3 Å². The van der Waals surface area contributed by atoms with E-state index in [1.54, 1.807) is 12.1 Å². The molecule has 0 aromatic heterocycles. The third-order valence-electron chi connectivity index (χ3n) is 3.42. The molecule has 0 aliphatic rings. The number of aryl methyl sites for hydroxylation is 1. The zero-order valence-electron chi connectivity index (χ0n) is 13.7. The Bertz CT molecular complexity index is 675. The van der Waals surface area contributed by atoms with Crippen LogP contribution >= 0.6 is 0 Å². The van der Waals surface area contributed by atoms with Gasteiger partial charge in [-0.25, -0.2) is 0 Å². The van der Waals surface area contributed by atoms with Crippen LogP contribution in [0.3, 0.4) is 0 Å². The molecule has 2 N–H and O–H groups in total. The van der Waals surface area contributed by atoms with Crippen molar-refractivity contribution in [2.45, 2.75) is 20.1 Å². The Morgan fingerprint density at radius 2 is 1.92 bits per heavy atom. The Morgan fingerprint density at radius 3 is 2.54 bits per heavy atom. The van der Waals surface area contributed by atoms with Crippen molar-refractivity contribution in [2.24, 2.45) is 0 Å². The van der Waals surface area contributed by atoms with Crippen molar-refractivity contribution in [1.29, 1.82) is 0 Å². The van der Waals surface area contributed by atoms with Crippen molar-refractivity contribution < 1.29 is 23.2 Å². The molecule has 0 spiro atoms. The molecule has 0 aliphatic carbocycles. The minimum absolute atomic E-state index is 0.0734. The molecule has 2 aromatic rings. The Balaban J connectivity index is 1.83. The predicted octanol–water partition coefficient (Wildman–Crippen LogP) is 2.25. The Morgan fingerprint density at radius 1 is 1.21 bits per heavy atom. The van der Waals surface area contributed by atoms with Crippen LogP contribution in [0.4, 0.5) is 14.5 Å². The molecule has 0 heterocycles. The van der Waals surface area contributed by atoms with Crippen LogP contribution in [0.5, 0.6) is 5.75 Å². The third kappa shape index (κ3) is 5.96. The van der Waals surface area contributed by atoms with E-state index in [1.165, 1.54) is 12.1 Å². The SMILES string of the molecule is Cc1cccc(NC(=O)C[NH+](C)Cc2ccc(OC(F)F)cc2)c1. The van der Waals surface area contributed by atoms with Crippen LogP contribution < -0.4 is 15.0 Å². The van der Waals surface area contributed by atoms with E-state index in [-0.39, 0.29) is 11.7 Å². The number of halogens is 2. The monoisotopic (exact) mass is 335 g/mol. The van der Waals surface area contributed by atoms with Crippen molar-refractivity contribution >= 4 is 11.6 Å². The summed E-state index contributed by atoms with van der Waals surface area (Å²) in [5.41, 5.74) is 2.80.